The van der Waals surface area contributed by atoms with Crippen LogP contribution in [0.2, 0.25) is 0 Å². The maximum Gasteiger partial charge on any atom is 0.130 e. The standard InChI is InChI=1S/C27H29FN4O/c1-18-17-30-27(29-4)26(18)19(2)21-11-13-32(14-12-21)20(3)31-23-8-6-10-25(16-23)33-24-9-5-7-22(28)15-24/h5-11,15-17,29-31H,2-3,12-14H2,1,4H3. The normalized spacial score (nSPS) is 13.3. The fraction of sp³-hybridized carbons (Fsp3) is 0.185. The topological polar surface area (TPSA) is 52.3 Å². The third-order valence-electron chi connectivity index (χ3n) is 5.76. The molecule has 2 heterocycles. The minimum absolute atomic E-state index is 0.329. The Balaban J connectivity index is 1.39. The number of aromatic amines is 1. The van der Waals surface area contributed by atoms with Gasteiger partial charge in [-0.25, -0.2) is 4.39 Å². The zero-order valence-electron chi connectivity index (χ0n) is 19.0. The SMILES string of the molecule is C=C(C1=CCN(C(=C)Nc2cccc(Oc3cccc(F)c3)c2)CC1)c1c(C)c[nH]c1NC. The van der Waals surface area contributed by atoms with Gasteiger partial charge in [0.15, 0.2) is 0 Å². The Morgan fingerprint density at radius 3 is 2.58 bits per heavy atom. The van der Waals surface area contributed by atoms with E-state index in [4.69, 9.17) is 4.74 Å². The number of aromatic nitrogens is 1. The largest absolute Gasteiger partial charge is 0.457 e. The maximum atomic E-state index is 13.4. The molecule has 0 aliphatic carbocycles. The predicted molar refractivity (Wildman–Crippen MR) is 134 cm³/mol. The number of anilines is 2. The van der Waals surface area contributed by atoms with Gasteiger partial charge in [0.2, 0.25) is 0 Å². The molecule has 6 heteroatoms. The van der Waals surface area contributed by atoms with Gasteiger partial charge in [-0.1, -0.05) is 31.4 Å². The first-order valence-corrected chi connectivity index (χ1v) is 10.9. The van der Waals surface area contributed by atoms with Crippen LogP contribution < -0.4 is 15.4 Å². The van der Waals surface area contributed by atoms with E-state index in [2.05, 4.69) is 46.7 Å². The zero-order valence-corrected chi connectivity index (χ0v) is 19.0. The highest BCUT2D eigenvalue weighted by Crippen LogP contribution is 2.34. The Hall–Kier alpha value is -3.93. The summed E-state index contributed by atoms with van der Waals surface area (Å²) < 4.78 is 19.2. The van der Waals surface area contributed by atoms with Crippen LogP contribution in [0, 0.1) is 12.7 Å². The summed E-state index contributed by atoms with van der Waals surface area (Å²) in [6.45, 7) is 12.3. The van der Waals surface area contributed by atoms with Gasteiger partial charge in [-0.3, -0.25) is 0 Å². The third-order valence-corrected chi connectivity index (χ3v) is 5.76. The van der Waals surface area contributed by atoms with Crippen LogP contribution in [0.25, 0.3) is 5.57 Å². The van der Waals surface area contributed by atoms with Gasteiger partial charge in [-0.2, -0.15) is 0 Å². The molecule has 0 unspecified atom stereocenters. The Morgan fingerprint density at radius 2 is 1.88 bits per heavy atom. The molecule has 170 valence electrons. The highest BCUT2D eigenvalue weighted by molar-refractivity contribution is 5.85. The number of H-pyrrole nitrogens is 1. The molecule has 0 radical (unpaired) electrons. The quantitative estimate of drug-likeness (QED) is 0.370. The second kappa shape index (κ2) is 9.69. The van der Waals surface area contributed by atoms with Crippen LogP contribution >= 0.6 is 0 Å². The lowest BCUT2D eigenvalue weighted by Gasteiger charge is -2.31. The smallest absolute Gasteiger partial charge is 0.130 e. The van der Waals surface area contributed by atoms with Gasteiger partial charge in [0.25, 0.3) is 0 Å². The lowest BCUT2D eigenvalue weighted by molar-refractivity contribution is 0.376. The van der Waals surface area contributed by atoms with E-state index in [1.165, 1.54) is 23.3 Å². The molecule has 0 amide bonds. The van der Waals surface area contributed by atoms with Gasteiger partial charge in [-0.05, 0) is 54.3 Å². The molecule has 3 N–H and O–H groups in total. The molecule has 2 aromatic carbocycles. The minimum Gasteiger partial charge on any atom is -0.457 e. The van der Waals surface area contributed by atoms with Crippen molar-refractivity contribution in [2.45, 2.75) is 13.3 Å². The van der Waals surface area contributed by atoms with E-state index in [0.717, 1.165) is 48.0 Å². The van der Waals surface area contributed by atoms with Crippen LogP contribution in [0.15, 0.2) is 85.4 Å². The predicted octanol–water partition coefficient (Wildman–Crippen LogP) is 6.52. The van der Waals surface area contributed by atoms with Crippen molar-refractivity contribution in [3.8, 4) is 11.5 Å². The van der Waals surface area contributed by atoms with Crippen LogP contribution in [-0.2, 0) is 0 Å². The molecule has 33 heavy (non-hydrogen) atoms. The molecular weight excluding hydrogens is 415 g/mol. The van der Waals surface area contributed by atoms with Crippen molar-refractivity contribution in [3.05, 3.63) is 102 Å². The van der Waals surface area contributed by atoms with Crippen LogP contribution in [-0.4, -0.2) is 30.0 Å². The summed E-state index contributed by atoms with van der Waals surface area (Å²) in [5.41, 5.74) is 5.49. The van der Waals surface area contributed by atoms with Gasteiger partial charge < -0.3 is 25.3 Å². The summed E-state index contributed by atoms with van der Waals surface area (Å²) >= 11 is 0. The number of allylic oxidation sites excluding steroid dienone is 1. The van der Waals surface area contributed by atoms with Gasteiger partial charge >= 0.3 is 0 Å². The monoisotopic (exact) mass is 444 g/mol. The van der Waals surface area contributed by atoms with E-state index in [1.54, 1.807) is 12.1 Å². The van der Waals surface area contributed by atoms with Crippen LogP contribution in [0.3, 0.4) is 0 Å². The number of rotatable bonds is 8. The zero-order chi connectivity index (χ0) is 23.4. The van der Waals surface area contributed by atoms with Crippen molar-refractivity contribution in [1.82, 2.24) is 9.88 Å². The maximum absolute atomic E-state index is 13.4. The number of benzene rings is 2. The molecule has 3 aromatic rings. The molecule has 1 aliphatic heterocycles. The first kappa shape index (κ1) is 22.3. The lowest BCUT2D eigenvalue weighted by atomic mass is 9.94. The molecule has 1 aromatic heterocycles. The molecule has 0 atom stereocenters. The van der Waals surface area contributed by atoms with E-state index in [-0.39, 0.29) is 5.82 Å². The fourth-order valence-corrected chi connectivity index (χ4v) is 4.01. The number of nitrogens with zero attached hydrogens (tertiary/aromatic N) is 1. The van der Waals surface area contributed by atoms with Gasteiger partial charge in [0, 0.05) is 49.7 Å². The number of hydrogen-bond acceptors (Lipinski definition) is 4. The van der Waals surface area contributed by atoms with Crippen molar-refractivity contribution in [1.29, 1.82) is 0 Å². The van der Waals surface area contributed by atoms with Crippen molar-refractivity contribution in [3.63, 3.8) is 0 Å². The second-order valence-electron chi connectivity index (χ2n) is 8.03. The summed E-state index contributed by atoms with van der Waals surface area (Å²) in [7, 11) is 1.91. The number of nitrogens with one attached hydrogen (secondary N) is 3. The van der Waals surface area contributed by atoms with Crippen molar-refractivity contribution in [2.75, 3.05) is 30.8 Å². The number of ether oxygens (including phenoxy) is 1. The van der Waals surface area contributed by atoms with E-state index in [9.17, 15) is 4.39 Å². The van der Waals surface area contributed by atoms with E-state index in [0.29, 0.717) is 11.5 Å². The van der Waals surface area contributed by atoms with Gasteiger partial charge in [-0.15, -0.1) is 0 Å². The van der Waals surface area contributed by atoms with E-state index >= 15 is 0 Å². The summed E-state index contributed by atoms with van der Waals surface area (Å²) in [5, 5.41) is 6.57. The molecule has 4 rings (SSSR count). The van der Waals surface area contributed by atoms with Crippen molar-refractivity contribution in [2.24, 2.45) is 0 Å². The Bertz CT molecular complexity index is 1210. The Kier molecular flexibility index (Phi) is 6.54. The lowest BCUT2D eigenvalue weighted by Crippen LogP contribution is -2.31. The summed E-state index contributed by atoms with van der Waals surface area (Å²) in [6, 6.07) is 13.6. The van der Waals surface area contributed by atoms with Crippen LogP contribution in [0.5, 0.6) is 11.5 Å². The number of aryl methyl sites for hydroxylation is 1. The number of halogens is 1. The van der Waals surface area contributed by atoms with E-state index < -0.39 is 0 Å². The number of hydrogen-bond donors (Lipinski definition) is 3. The first-order valence-electron chi connectivity index (χ1n) is 10.9. The average molecular weight is 445 g/mol. The fourth-order valence-electron chi connectivity index (χ4n) is 4.01. The van der Waals surface area contributed by atoms with E-state index in [1.807, 2.05) is 37.5 Å². The van der Waals surface area contributed by atoms with Crippen LogP contribution in [0.4, 0.5) is 15.9 Å². The highest BCUT2D eigenvalue weighted by Gasteiger charge is 2.19. The van der Waals surface area contributed by atoms with Crippen molar-refractivity contribution >= 4 is 17.1 Å². The molecule has 1 aliphatic rings. The van der Waals surface area contributed by atoms with Gasteiger partial charge in [0.1, 0.15) is 23.1 Å². The molecule has 0 saturated heterocycles. The van der Waals surface area contributed by atoms with Gasteiger partial charge in [0.05, 0.1) is 5.82 Å². The van der Waals surface area contributed by atoms with Crippen LogP contribution in [0.1, 0.15) is 17.5 Å². The third kappa shape index (κ3) is 5.12. The minimum atomic E-state index is -0.329. The molecule has 5 nitrogen and oxygen atoms in total. The van der Waals surface area contributed by atoms with Crippen molar-refractivity contribution < 1.29 is 9.13 Å². The highest BCUT2D eigenvalue weighted by atomic mass is 19.1. The summed E-state index contributed by atoms with van der Waals surface area (Å²) in [6.07, 6.45) is 5.10. The Labute approximate surface area is 194 Å². The first-order chi connectivity index (χ1) is 15.9. The Morgan fingerprint density at radius 1 is 1.12 bits per heavy atom. The average Bonchev–Trinajstić information content (AvgIpc) is 3.19. The molecule has 0 fully saturated rings. The molecule has 0 saturated carbocycles. The molecule has 0 spiro atoms. The molecule has 0 bridgehead atoms. The second-order valence-corrected chi connectivity index (χ2v) is 8.03. The summed E-state index contributed by atoms with van der Waals surface area (Å²) in [4.78, 5) is 5.45. The molecular formula is C27H29FN4O. The summed E-state index contributed by atoms with van der Waals surface area (Å²) in [5.74, 6) is 2.56.